The summed E-state index contributed by atoms with van der Waals surface area (Å²) in [7, 11) is 0. The molecule has 3 heteroatoms. The lowest BCUT2D eigenvalue weighted by Crippen LogP contribution is -2.42. The smallest absolute Gasteiger partial charge is 0.189 e. The minimum Gasteiger partial charge on any atom is -0.347 e. The molecule has 3 nitrogen and oxygen atoms in total. The lowest BCUT2D eigenvalue weighted by Gasteiger charge is -2.27. The topological polar surface area (TPSA) is 34.0 Å². The molecule has 2 heterocycles. The molecule has 0 aliphatic carbocycles. The van der Waals surface area contributed by atoms with Gasteiger partial charge in [-0.1, -0.05) is 12.1 Å². The minimum absolute atomic E-state index is 0.113. The Kier molecular flexibility index (Phi) is 2.69. The molecule has 0 saturated carbocycles. The molecule has 1 aliphatic rings. The number of nitrogens with one attached hydrogen (secondary N) is 1. The normalized spacial score (nSPS) is 16.0. The number of pyridine rings is 1. The van der Waals surface area contributed by atoms with Gasteiger partial charge in [0.1, 0.15) is 0 Å². The summed E-state index contributed by atoms with van der Waals surface area (Å²) in [5.41, 5.74) is 1.16. The number of fused-ring (bicyclic) bond motifs is 1. The highest BCUT2D eigenvalue weighted by atomic mass is 16.1. The average Bonchev–Trinajstić information content (AvgIpc) is 2.30. The van der Waals surface area contributed by atoms with E-state index in [1.54, 1.807) is 6.07 Å². The average molecular weight is 228 g/mol. The fraction of sp³-hybridized carbons (Fsp3) is 0.357. The number of hydrogen-bond donors (Lipinski definition) is 1. The van der Waals surface area contributed by atoms with E-state index in [-0.39, 0.29) is 5.43 Å². The van der Waals surface area contributed by atoms with Crippen molar-refractivity contribution in [3.63, 3.8) is 0 Å². The summed E-state index contributed by atoms with van der Waals surface area (Å²) < 4.78 is 2.19. The maximum atomic E-state index is 11.7. The minimum atomic E-state index is 0.113. The van der Waals surface area contributed by atoms with Gasteiger partial charge in [0.15, 0.2) is 5.43 Å². The summed E-state index contributed by atoms with van der Waals surface area (Å²) in [4.78, 5) is 11.7. The van der Waals surface area contributed by atoms with Crippen LogP contribution in [-0.2, 0) is 6.54 Å². The van der Waals surface area contributed by atoms with Crippen molar-refractivity contribution in [1.82, 2.24) is 9.88 Å². The number of aromatic nitrogens is 1. The largest absolute Gasteiger partial charge is 0.347 e. The first-order valence-electron chi connectivity index (χ1n) is 6.13. The van der Waals surface area contributed by atoms with Crippen LogP contribution in [0.1, 0.15) is 6.42 Å². The molecule has 0 bridgehead atoms. The van der Waals surface area contributed by atoms with Crippen molar-refractivity contribution in [2.45, 2.75) is 13.0 Å². The Morgan fingerprint density at radius 3 is 2.82 bits per heavy atom. The summed E-state index contributed by atoms with van der Waals surface area (Å²) >= 11 is 0. The van der Waals surface area contributed by atoms with Crippen molar-refractivity contribution in [2.24, 2.45) is 5.92 Å². The molecule has 17 heavy (non-hydrogen) atoms. The van der Waals surface area contributed by atoms with Crippen LogP contribution in [0.3, 0.4) is 0 Å². The van der Waals surface area contributed by atoms with Crippen LogP contribution in [0.5, 0.6) is 0 Å². The van der Waals surface area contributed by atoms with Crippen molar-refractivity contribution in [3.05, 3.63) is 46.8 Å². The summed E-state index contributed by atoms with van der Waals surface area (Å²) in [5, 5.41) is 4.11. The van der Waals surface area contributed by atoms with E-state index in [2.05, 4.69) is 9.88 Å². The van der Waals surface area contributed by atoms with Gasteiger partial charge in [-0.15, -0.1) is 0 Å². The molecule has 0 atom stereocenters. The van der Waals surface area contributed by atoms with E-state index in [1.165, 1.54) is 6.42 Å². The monoisotopic (exact) mass is 228 g/mol. The van der Waals surface area contributed by atoms with E-state index in [0.717, 1.165) is 36.5 Å². The Labute approximate surface area is 100 Å². The third-order valence-corrected chi connectivity index (χ3v) is 3.53. The molecule has 1 saturated heterocycles. The SMILES string of the molecule is O=c1ccn(CCC2CNC2)c2ccccc12. The number of rotatable bonds is 3. The van der Waals surface area contributed by atoms with Gasteiger partial charge in [0.25, 0.3) is 0 Å². The number of hydrogen-bond acceptors (Lipinski definition) is 2. The number of benzene rings is 1. The van der Waals surface area contributed by atoms with Gasteiger partial charge >= 0.3 is 0 Å². The Balaban J connectivity index is 1.92. The zero-order valence-electron chi connectivity index (χ0n) is 9.73. The Morgan fingerprint density at radius 1 is 1.24 bits per heavy atom. The summed E-state index contributed by atoms with van der Waals surface area (Å²) in [6.07, 6.45) is 3.09. The van der Waals surface area contributed by atoms with E-state index in [9.17, 15) is 4.79 Å². The van der Waals surface area contributed by atoms with Gasteiger partial charge in [-0.25, -0.2) is 0 Å². The highest BCUT2D eigenvalue weighted by molar-refractivity contribution is 5.78. The quantitative estimate of drug-likeness (QED) is 0.866. The summed E-state index contributed by atoms with van der Waals surface area (Å²) in [5.74, 6) is 0.799. The van der Waals surface area contributed by atoms with Gasteiger partial charge < -0.3 is 9.88 Å². The first kappa shape index (κ1) is 10.5. The van der Waals surface area contributed by atoms with E-state index in [1.807, 2.05) is 30.5 Å². The first-order valence-corrected chi connectivity index (χ1v) is 6.13. The van der Waals surface area contributed by atoms with Crippen LogP contribution in [-0.4, -0.2) is 17.7 Å². The Bertz CT molecular complexity index is 584. The first-order chi connectivity index (χ1) is 8.34. The Hall–Kier alpha value is -1.61. The van der Waals surface area contributed by atoms with Crippen LogP contribution < -0.4 is 10.7 Å². The predicted octanol–water partition coefficient (Wildman–Crippen LogP) is 1.61. The number of nitrogens with zero attached hydrogens (tertiary/aromatic N) is 1. The molecule has 0 unspecified atom stereocenters. The lowest BCUT2D eigenvalue weighted by molar-refractivity contribution is 0.313. The molecule has 0 amide bonds. The standard InChI is InChI=1S/C14H16N2O/c17-14-6-8-16(7-5-11-9-15-10-11)13-4-2-1-3-12(13)14/h1-4,6,8,11,15H,5,7,9-10H2. The number of aryl methyl sites for hydroxylation is 1. The third kappa shape index (κ3) is 1.98. The molecule has 88 valence electrons. The second-order valence-electron chi connectivity index (χ2n) is 4.70. The highest BCUT2D eigenvalue weighted by Crippen LogP contribution is 2.14. The molecule has 1 fully saturated rings. The zero-order chi connectivity index (χ0) is 11.7. The van der Waals surface area contributed by atoms with Crippen LogP contribution in [0.2, 0.25) is 0 Å². The fourth-order valence-electron chi connectivity index (χ4n) is 2.33. The van der Waals surface area contributed by atoms with Crippen molar-refractivity contribution in [2.75, 3.05) is 13.1 Å². The van der Waals surface area contributed by atoms with E-state index < -0.39 is 0 Å². The fourth-order valence-corrected chi connectivity index (χ4v) is 2.33. The Morgan fingerprint density at radius 2 is 2.06 bits per heavy atom. The van der Waals surface area contributed by atoms with Crippen molar-refractivity contribution < 1.29 is 0 Å². The van der Waals surface area contributed by atoms with E-state index >= 15 is 0 Å². The van der Waals surface area contributed by atoms with Gasteiger partial charge in [-0.2, -0.15) is 0 Å². The molecule has 1 N–H and O–H groups in total. The van der Waals surface area contributed by atoms with Gasteiger partial charge in [-0.05, 0) is 37.6 Å². The molecule has 2 aromatic rings. The highest BCUT2D eigenvalue weighted by Gasteiger charge is 2.16. The van der Waals surface area contributed by atoms with Crippen molar-refractivity contribution >= 4 is 10.9 Å². The molecule has 1 aromatic heterocycles. The number of para-hydroxylation sites is 1. The molecule has 1 aliphatic heterocycles. The summed E-state index contributed by atoms with van der Waals surface area (Å²) in [6.45, 7) is 3.27. The third-order valence-electron chi connectivity index (χ3n) is 3.53. The van der Waals surface area contributed by atoms with E-state index in [0.29, 0.717) is 0 Å². The molecule has 0 radical (unpaired) electrons. The predicted molar refractivity (Wildman–Crippen MR) is 69.2 cm³/mol. The summed E-state index contributed by atoms with van der Waals surface area (Å²) in [6, 6.07) is 9.50. The van der Waals surface area contributed by atoms with Crippen LogP contribution >= 0.6 is 0 Å². The molecular formula is C14H16N2O. The van der Waals surface area contributed by atoms with Crippen LogP contribution in [0, 0.1) is 5.92 Å². The van der Waals surface area contributed by atoms with Crippen molar-refractivity contribution in [3.8, 4) is 0 Å². The molecule has 1 aromatic carbocycles. The van der Waals surface area contributed by atoms with Crippen LogP contribution in [0.4, 0.5) is 0 Å². The second-order valence-corrected chi connectivity index (χ2v) is 4.70. The maximum absolute atomic E-state index is 11.7. The lowest BCUT2D eigenvalue weighted by atomic mass is 9.99. The molecular weight excluding hydrogens is 212 g/mol. The van der Waals surface area contributed by atoms with Gasteiger partial charge in [-0.3, -0.25) is 4.79 Å². The van der Waals surface area contributed by atoms with Gasteiger partial charge in [0.05, 0.1) is 5.52 Å². The molecule has 0 spiro atoms. The van der Waals surface area contributed by atoms with Gasteiger partial charge in [0.2, 0.25) is 0 Å². The van der Waals surface area contributed by atoms with Crippen LogP contribution in [0.25, 0.3) is 10.9 Å². The molecule has 3 rings (SSSR count). The van der Waals surface area contributed by atoms with Crippen molar-refractivity contribution in [1.29, 1.82) is 0 Å². The van der Waals surface area contributed by atoms with Crippen LogP contribution in [0.15, 0.2) is 41.3 Å². The maximum Gasteiger partial charge on any atom is 0.189 e. The zero-order valence-corrected chi connectivity index (χ0v) is 9.73. The second kappa shape index (κ2) is 4.34. The van der Waals surface area contributed by atoms with Gasteiger partial charge in [0, 0.05) is 24.2 Å². The van der Waals surface area contributed by atoms with E-state index in [4.69, 9.17) is 0 Å².